The molecule has 0 aromatic rings. The molecule has 0 bridgehead atoms. The van der Waals surface area contributed by atoms with E-state index in [0.29, 0.717) is 12.5 Å². The van der Waals surface area contributed by atoms with E-state index in [9.17, 15) is 4.79 Å². The molecule has 1 heterocycles. The van der Waals surface area contributed by atoms with E-state index >= 15 is 0 Å². The second-order valence-electron chi connectivity index (χ2n) is 3.52. The second-order valence-corrected chi connectivity index (χ2v) is 3.52. The van der Waals surface area contributed by atoms with Crippen LogP contribution in [-0.2, 0) is 9.53 Å². The Labute approximate surface area is 79.0 Å². The molecule has 0 saturated carbocycles. The fraction of sp³-hybridized carbons (Fsp3) is 0.889. The molecule has 76 valence electrons. The fourth-order valence-electron chi connectivity index (χ4n) is 1.67. The molecule has 1 fully saturated rings. The zero-order valence-electron chi connectivity index (χ0n) is 8.16. The molecule has 1 amide bonds. The Morgan fingerprint density at radius 1 is 1.69 bits per heavy atom. The van der Waals surface area contributed by atoms with Crippen molar-refractivity contribution in [3.63, 3.8) is 0 Å². The highest BCUT2D eigenvalue weighted by molar-refractivity contribution is 5.73. The molecule has 0 spiro atoms. The van der Waals surface area contributed by atoms with E-state index in [1.807, 2.05) is 0 Å². The van der Waals surface area contributed by atoms with E-state index in [0.717, 1.165) is 32.5 Å². The number of hydrogen-bond donors (Lipinski definition) is 1. The van der Waals surface area contributed by atoms with Crippen LogP contribution in [0.25, 0.3) is 0 Å². The van der Waals surface area contributed by atoms with Crippen molar-refractivity contribution in [2.75, 3.05) is 26.7 Å². The molecule has 1 aliphatic rings. The number of carbonyl (C=O) groups is 1. The van der Waals surface area contributed by atoms with Gasteiger partial charge in [-0.1, -0.05) is 0 Å². The number of amides is 1. The topological polar surface area (TPSA) is 55.6 Å². The highest BCUT2D eigenvalue weighted by atomic mass is 16.5. The molecule has 13 heavy (non-hydrogen) atoms. The van der Waals surface area contributed by atoms with E-state index in [4.69, 9.17) is 10.5 Å². The molecule has 4 nitrogen and oxygen atoms in total. The Balaban J connectivity index is 2.07. The van der Waals surface area contributed by atoms with Crippen molar-refractivity contribution in [1.82, 2.24) is 4.90 Å². The molecule has 1 unspecified atom stereocenters. The lowest BCUT2D eigenvalue weighted by atomic mass is 10.3. The third-order valence-electron chi connectivity index (χ3n) is 2.46. The number of nitrogens with zero attached hydrogens (tertiary/aromatic N) is 1. The summed E-state index contributed by atoms with van der Waals surface area (Å²) in [5.74, 6) is -0.206. The van der Waals surface area contributed by atoms with Gasteiger partial charge < -0.3 is 15.4 Å². The van der Waals surface area contributed by atoms with Crippen molar-refractivity contribution < 1.29 is 9.53 Å². The first-order valence-electron chi connectivity index (χ1n) is 4.76. The van der Waals surface area contributed by atoms with Gasteiger partial charge in [0.2, 0.25) is 5.91 Å². The van der Waals surface area contributed by atoms with Crippen molar-refractivity contribution in [2.24, 2.45) is 5.73 Å². The summed E-state index contributed by atoms with van der Waals surface area (Å²) in [7, 11) is 1.75. The Morgan fingerprint density at radius 2 is 2.46 bits per heavy atom. The monoisotopic (exact) mass is 186 g/mol. The third kappa shape index (κ3) is 3.74. The molecule has 0 aromatic heterocycles. The van der Waals surface area contributed by atoms with Crippen LogP contribution in [0.5, 0.6) is 0 Å². The van der Waals surface area contributed by atoms with Crippen LogP contribution in [0.4, 0.5) is 0 Å². The SMILES string of the molecule is COC1CCN(CCCC(N)=O)C1. The number of ether oxygens (including phenoxy) is 1. The van der Waals surface area contributed by atoms with Crippen LogP contribution in [0.2, 0.25) is 0 Å². The number of primary amides is 1. The summed E-state index contributed by atoms with van der Waals surface area (Å²) in [5, 5.41) is 0. The third-order valence-corrected chi connectivity index (χ3v) is 2.46. The van der Waals surface area contributed by atoms with Gasteiger partial charge in [0.05, 0.1) is 6.10 Å². The molecule has 0 aliphatic carbocycles. The smallest absolute Gasteiger partial charge is 0.217 e. The highest BCUT2D eigenvalue weighted by Crippen LogP contribution is 2.11. The van der Waals surface area contributed by atoms with Gasteiger partial charge in [0.1, 0.15) is 0 Å². The van der Waals surface area contributed by atoms with E-state index in [1.54, 1.807) is 7.11 Å². The van der Waals surface area contributed by atoms with Crippen molar-refractivity contribution in [3.8, 4) is 0 Å². The maximum atomic E-state index is 10.5. The van der Waals surface area contributed by atoms with Crippen LogP contribution in [0, 0.1) is 0 Å². The fourth-order valence-corrected chi connectivity index (χ4v) is 1.67. The van der Waals surface area contributed by atoms with Crippen molar-refractivity contribution >= 4 is 5.91 Å². The summed E-state index contributed by atoms with van der Waals surface area (Å²) in [6.07, 6.45) is 2.85. The van der Waals surface area contributed by atoms with E-state index in [2.05, 4.69) is 4.90 Å². The first-order valence-corrected chi connectivity index (χ1v) is 4.76. The lowest BCUT2D eigenvalue weighted by Gasteiger charge is -2.14. The zero-order chi connectivity index (χ0) is 9.68. The molecule has 0 radical (unpaired) electrons. The Morgan fingerprint density at radius 3 is 3.00 bits per heavy atom. The maximum absolute atomic E-state index is 10.5. The van der Waals surface area contributed by atoms with Crippen molar-refractivity contribution in [1.29, 1.82) is 0 Å². The van der Waals surface area contributed by atoms with Gasteiger partial charge in [-0.15, -0.1) is 0 Å². The summed E-state index contributed by atoms with van der Waals surface area (Å²) >= 11 is 0. The van der Waals surface area contributed by atoms with Gasteiger partial charge in [-0.05, 0) is 19.4 Å². The van der Waals surface area contributed by atoms with Gasteiger partial charge >= 0.3 is 0 Å². The predicted octanol–water partition coefficient (Wildman–Crippen LogP) is -0.0274. The Hall–Kier alpha value is -0.610. The second kappa shape index (κ2) is 5.19. The quantitative estimate of drug-likeness (QED) is 0.656. The van der Waals surface area contributed by atoms with E-state index < -0.39 is 0 Å². The maximum Gasteiger partial charge on any atom is 0.217 e. The molecule has 2 N–H and O–H groups in total. The lowest BCUT2D eigenvalue weighted by molar-refractivity contribution is -0.118. The first kappa shape index (κ1) is 10.5. The largest absolute Gasteiger partial charge is 0.380 e. The van der Waals surface area contributed by atoms with Crippen LogP contribution in [0.15, 0.2) is 0 Å². The number of likely N-dealkylation sites (tertiary alicyclic amines) is 1. The number of nitrogens with two attached hydrogens (primary N) is 1. The summed E-state index contributed by atoms with van der Waals surface area (Å²) in [6.45, 7) is 3.04. The van der Waals surface area contributed by atoms with Crippen LogP contribution in [0.3, 0.4) is 0 Å². The van der Waals surface area contributed by atoms with Gasteiger partial charge in [-0.2, -0.15) is 0 Å². The van der Waals surface area contributed by atoms with E-state index in [1.165, 1.54) is 0 Å². The van der Waals surface area contributed by atoms with Crippen molar-refractivity contribution in [2.45, 2.75) is 25.4 Å². The number of hydrogen-bond acceptors (Lipinski definition) is 3. The van der Waals surface area contributed by atoms with Crippen molar-refractivity contribution in [3.05, 3.63) is 0 Å². The number of carbonyl (C=O) groups excluding carboxylic acids is 1. The molecule has 4 heteroatoms. The average Bonchev–Trinajstić information content (AvgIpc) is 2.52. The van der Waals surface area contributed by atoms with Gasteiger partial charge in [-0.3, -0.25) is 4.79 Å². The summed E-state index contributed by atoms with van der Waals surface area (Å²) in [6, 6.07) is 0. The molecule has 1 saturated heterocycles. The molecular weight excluding hydrogens is 168 g/mol. The lowest BCUT2D eigenvalue weighted by Crippen LogP contribution is -2.25. The Kier molecular flexibility index (Phi) is 4.18. The Bertz CT molecular complexity index is 173. The zero-order valence-corrected chi connectivity index (χ0v) is 8.16. The average molecular weight is 186 g/mol. The highest BCUT2D eigenvalue weighted by Gasteiger charge is 2.21. The normalized spacial score (nSPS) is 23.6. The molecule has 1 aliphatic heterocycles. The minimum atomic E-state index is -0.206. The van der Waals surface area contributed by atoms with Crippen LogP contribution < -0.4 is 5.73 Å². The molecular formula is C9H18N2O2. The predicted molar refractivity (Wildman–Crippen MR) is 50.3 cm³/mol. The van der Waals surface area contributed by atoms with Crippen LogP contribution in [-0.4, -0.2) is 43.7 Å². The van der Waals surface area contributed by atoms with Gasteiger partial charge in [0, 0.05) is 26.6 Å². The minimum Gasteiger partial charge on any atom is -0.380 e. The standard InChI is InChI=1S/C9H18N2O2/c1-13-8-4-6-11(7-8)5-2-3-9(10)12/h8H,2-7H2,1H3,(H2,10,12). The van der Waals surface area contributed by atoms with Gasteiger partial charge in [0.25, 0.3) is 0 Å². The number of methoxy groups -OCH3 is 1. The number of rotatable bonds is 5. The van der Waals surface area contributed by atoms with Crippen LogP contribution >= 0.6 is 0 Å². The summed E-state index contributed by atoms with van der Waals surface area (Å²) < 4.78 is 5.24. The molecule has 0 aromatic carbocycles. The van der Waals surface area contributed by atoms with Gasteiger partial charge in [-0.25, -0.2) is 0 Å². The minimum absolute atomic E-state index is 0.206. The molecule has 1 rings (SSSR count). The summed E-state index contributed by atoms with van der Waals surface area (Å²) in [4.78, 5) is 12.8. The molecule has 1 atom stereocenters. The summed E-state index contributed by atoms with van der Waals surface area (Å²) in [5.41, 5.74) is 5.05. The van der Waals surface area contributed by atoms with E-state index in [-0.39, 0.29) is 5.91 Å². The first-order chi connectivity index (χ1) is 6.22. The van der Waals surface area contributed by atoms with Crippen LogP contribution in [0.1, 0.15) is 19.3 Å². The van der Waals surface area contributed by atoms with Gasteiger partial charge in [0.15, 0.2) is 0 Å².